The molecule has 4 aromatic rings. The molecule has 174 valence electrons. The Morgan fingerprint density at radius 2 is 2.00 bits per heavy atom. The first-order valence-corrected chi connectivity index (χ1v) is 13.0. The molecule has 0 spiro atoms. The maximum absolute atomic E-state index is 13.2. The molecule has 2 amide bonds. The zero-order valence-corrected chi connectivity index (χ0v) is 20.4. The highest BCUT2D eigenvalue weighted by Crippen LogP contribution is 2.33. The van der Waals surface area contributed by atoms with Gasteiger partial charge in [-0.1, -0.05) is 23.9 Å². The van der Waals surface area contributed by atoms with Crippen LogP contribution in [0.15, 0.2) is 66.1 Å². The number of rotatable bonds is 6. The third kappa shape index (κ3) is 5.00. The second kappa shape index (κ2) is 9.99. The van der Waals surface area contributed by atoms with Crippen LogP contribution >= 0.6 is 23.1 Å². The fourth-order valence-corrected chi connectivity index (χ4v) is 5.95. The molecular formula is C25H25N5O2S2. The predicted molar refractivity (Wildman–Crippen MR) is 137 cm³/mol. The van der Waals surface area contributed by atoms with Crippen LogP contribution in [-0.4, -0.2) is 50.1 Å². The van der Waals surface area contributed by atoms with Crippen molar-refractivity contribution in [3.63, 3.8) is 0 Å². The molecule has 9 heteroatoms. The summed E-state index contributed by atoms with van der Waals surface area (Å²) >= 11 is 3.11. The second-order valence-electron chi connectivity index (χ2n) is 8.35. The van der Waals surface area contributed by atoms with Gasteiger partial charge in [0.05, 0.1) is 21.0 Å². The lowest BCUT2D eigenvalue weighted by molar-refractivity contribution is -0.113. The lowest BCUT2D eigenvalue weighted by atomic mass is 9.98. The van der Waals surface area contributed by atoms with E-state index in [0.29, 0.717) is 17.8 Å². The second-order valence-corrected chi connectivity index (χ2v) is 10.3. The van der Waals surface area contributed by atoms with Gasteiger partial charge in [-0.05, 0) is 49.2 Å². The minimum absolute atomic E-state index is 0.0222. The molecule has 1 fully saturated rings. The van der Waals surface area contributed by atoms with Crippen molar-refractivity contribution < 1.29 is 9.59 Å². The topological polar surface area (TPSA) is 80.1 Å². The minimum Gasteiger partial charge on any atom is -0.338 e. The molecule has 0 saturated carbocycles. The summed E-state index contributed by atoms with van der Waals surface area (Å²) < 4.78 is 3.07. The Labute approximate surface area is 206 Å². The highest BCUT2D eigenvalue weighted by Gasteiger charge is 2.27. The summed E-state index contributed by atoms with van der Waals surface area (Å²) in [5.41, 5.74) is 2.33. The normalized spacial score (nSPS) is 16.0. The van der Waals surface area contributed by atoms with E-state index in [1.54, 1.807) is 41.8 Å². The van der Waals surface area contributed by atoms with E-state index in [0.717, 1.165) is 35.1 Å². The number of aromatic nitrogens is 3. The summed E-state index contributed by atoms with van der Waals surface area (Å²) in [6.45, 7) is 1.44. The SMILES string of the molecule is Cn1ccnc1SCC(=O)Nc1ccc(C(=O)N2CCCC(c3nc4ccccc4s3)C2)cc1. The molecule has 0 radical (unpaired) electrons. The minimum atomic E-state index is -0.109. The van der Waals surface area contributed by atoms with Gasteiger partial charge in [0.15, 0.2) is 5.16 Å². The number of imidazole rings is 1. The number of thioether (sulfide) groups is 1. The van der Waals surface area contributed by atoms with E-state index in [1.807, 2.05) is 40.9 Å². The number of hydrogen-bond acceptors (Lipinski definition) is 6. The molecule has 1 atom stereocenters. The smallest absolute Gasteiger partial charge is 0.253 e. The monoisotopic (exact) mass is 491 g/mol. The van der Waals surface area contributed by atoms with Crippen LogP contribution in [0.1, 0.15) is 34.1 Å². The van der Waals surface area contributed by atoms with Gasteiger partial charge >= 0.3 is 0 Å². The van der Waals surface area contributed by atoms with Crippen LogP contribution in [0.2, 0.25) is 0 Å². The first-order valence-electron chi connectivity index (χ1n) is 11.2. The van der Waals surface area contributed by atoms with Gasteiger partial charge in [-0.15, -0.1) is 11.3 Å². The van der Waals surface area contributed by atoms with Crippen LogP contribution in [0, 0.1) is 0 Å². The van der Waals surface area contributed by atoms with E-state index in [2.05, 4.69) is 16.4 Å². The summed E-state index contributed by atoms with van der Waals surface area (Å²) in [6, 6.07) is 15.3. The molecular weight excluding hydrogens is 466 g/mol. The molecule has 5 rings (SSSR count). The highest BCUT2D eigenvalue weighted by atomic mass is 32.2. The maximum atomic E-state index is 13.2. The van der Waals surface area contributed by atoms with Gasteiger partial charge in [0, 0.05) is 49.7 Å². The number of amides is 2. The number of benzene rings is 2. The van der Waals surface area contributed by atoms with E-state index in [1.165, 1.54) is 16.5 Å². The van der Waals surface area contributed by atoms with Crippen molar-refractivity contribution in [2.24, 2.45) is 7.05 Å². The Morgan fingerprint density at radius 1 is 1.18 bits per heavy atom. The lowest BCUT2D eigenvalue weighted by Gasteiger charge is -2.32. The zero-order valence-electron chi connectivity index (χ0n) is 18.8. The van der Waals surface area contributed by atoms with Crippen molar-refractivity contribution >= 4 is 50.8 Å². The van der Waals surface area contributed by atoms with E-state index in [4.69, 9.17) is 4.98 Å². The number of fused-ring (bicyclic) bond motifs is 1. The Morgan fingerprint density at radius 3 is 2.76 bits per heavy atom. The van der Waals surface area contributed by atoms with Gasteiger partial charge in [0.25, 0.3) is 5.91 Å². The number of piperidine rings is 1. The fourth-order valence-electron chi connectivity index (χ4n) is 4.12. The van der Waals surface area contributed by atoms with Crippen LogP contribution in [0.5, 0.6) is 0 Å². The number of para-hydroxylation sites is 1. The lowest BCUT2D eigenvalue weighted by Crippen LogP contribution is -2.39. The summed E-state index contributed by atoms with van der Waals surface area (Å²) in [6.07, 6.45) is 5.57. The number of hydrogen-bond donors (Lipinski definition) is 1. The van der Waals surface area contributed by atoms with Crippen LogP contribution in [0.3, 0.4) is 0 Å². The number of nitrogens with one attached hydrogen (secondary N) is 1. The summed E-state index contributed by atoms with van der Waals surface area (Å²) in [4.78, 5) is 36.4. The van der Waals surface area contributed by atoms with Gasteiger partial charge in [-0.2, -0.15) is 0 Å². The van der Waals surface area contributed by atoms with E-state index < -0.39 is 0 Å². The maximum Gasteiger partial charge on any atom is 0.253 e. The van der Waals surface area contributed by atoms with E-state index in [9.17, 15) is 9.59 Å². The molecule has 1 aliphatic rings. The predicted octanol–water partition coefficient (Wildman–Crippen LogP) is 4.78. The summed E-state index contributed by atoms with van der Waals surface area (Å²) in [5.74, 6) is 0.451. The van der Waals surface area contributed by atoms with Crippen molar-refractivity contribution in [2.75, 3.05) is 24.2 Å². The molecule has 3 heterocycles. The van der Waals surface area contributed by atoms with E-state index >= 15 is 0 Å². The van der Waals surface area contributed by atoms with Crippen molar-refractivity contribution in [1.29, 1.82) is 0 Å². The summed E-state index contributed by atoms with van der Waals surface area (Å²) in [7, 11) is 1.90. The van der Waals surface area contributed by atoms with Gasteiger partial charge < -0.3 is 14.8 Å². The highest BCUT2D eigenvalue weighted by molar-refractivity contribution is 7.99. The standard InChI is InChI=1S/C25H25N5O2S2/c1-29-14-12-26-25(29)33-16-22(31)27-19-10-8-17(9-11-19)24(32)30-13-4-5-18(15-30)23-28-20-6-2-3-7-21(20)34-23/h2-3,6-12,14,18H,4-5,13,15-16H2,1H3,(H,27,31). The van der Waals surface area contributed by atoms with Crippen LogP contribution in [0.4, 0.5) is 5.69 Å². The third-order valence-electron chi connectivity index (χ3n) is 5.89. The molecule has 0 aliphatic carbocycles. The molecule has 7 nitrogen and oxygen atoms in total. The Hall–Kier alpha value is -3.17. The molecule has 1 aliphatic heterocycles. The molecule has 34 heavy (non-hydrogen) atoms. The average Bonchev–Trinajstić information content (AvgIpc) is 3.49. The van der Waals surface area contributed by atoms with Gasteiger partial charge in [0.1, 0.15) is 0 Å². The van der Waals surface area contributed by atoms with Crippen molar-refractivity contribution in [3.8, 4) is 0 Å². The Kier molecular flexibility index (Phi) is 6.64. The average molecular weight is 492 g/mol. The van der Waals surface area contributed by atoms with Crippen molar-refractivity contribution in [2.45, 2.75) is 23.9 Å². The number of thiazole rings is 1. The van der Waals surface area contributed by atoms with E-state index in [-0.39, 0.29) is 23.5 Å². The number of nitrogens with zero attached hydrogens (tertiary/aromatic N) is 4. The quantitative estimate of drug-likeness (QED) is 0.393. The first kappa shape index (κ1) is 22.6. The molecule has 1 N–H and O–H groups in total. The molecule has 0 bridgehead atoms. The van der Waals surface area contributed by atoms with Crippen LogP contribution < -0.4 is 5.32 Å². The first-order chi connectivity index (χ1) is 16.6. The largest absolute Gasteiger partial charge is 0.338 e. The van der Waals surface area contributed by atoms with Gasteiger partial charge in [-0.25, -0.2) is 9.97 Å². The van der Waals surface area contributed by atoms with Crippen LogP contribution in [0.25, 0.3) is 10.2 Å². The number of likely N-dealkylation sites (tertiary alicyclic amines) is 1. The van der Waals surface area contributed by atoms with Crippen LogP contribution in [-0.2, 0) is 11.8 Å². The van der Waals surface area contributed by atoms with Gasteiger partial charge in [0.2, 0.25) is 5.91 Å². The molecule has 2 aromatic carbocycles. The molecule has 2 aromatic heterocycles. The Bertz CT molecular complexity index is 1280. The zero-order chi connectivity index (χ0) is 23.5. The number of carbonyl (C=O) groups excluding carboxylic acids is 2. The van der Waals surface area contributed by atoms with Gasteiger partial charge in [-0.3, -0.25) is 9.59 Å². The number of carbonyl (C=O) groups is 2. The van der Waals surface area contributed by atoms with Crippen molar-refractivity contribution in [3.05, 3.63) is 71.5 Å². The number of aryl methyl sites for hydroxylation is 1. The van der Waals surface area contributed by atoms with Crippen molar-refractivity contribution in [1.82, 2.24) is 19.4 Å². The summed E-state index contributed by atoms with van der Waals surface area (Å²) in [5, 5.41) is 4.79. The number of anilines is 1. The molecule has 1 saturated heterocycles. The Balaban J connectivity index is 1.18. The third-order valence-corrected chi connectivity index (χ3v) is 8.15. The fraction of sp³-hybridized carbons (Fsp3) is 0.280. The molecule has 1 unspecified atom stereocenters.